The van der Waals surface area contributed by atoms with E-state index in [0.717, 1.165) is 41.0 Å². The van der Waals surface area contributed by atoms with Crippen molar-refractivity contribution in [3.63, 3.8) is 0 Å². The summed E-state index contributed by atoms with van der Waals surface area (Å²) in [7, 11) is -3.72. The lowest BCUT2D eigenvalue weighted by Gasteiger charge is -2.38. The van der Waals surface area contributed by atoms with Crippen molar-refractivity contribution >= 4 is 27.2 Å². The van der Waals surface area contributed by atoms with Gasteiger partial charge in [-0.1, -0.05) is 6.07 Å². The summed E-state index contributed by atoms with van der Waals surface area (Å²) in [4.78, 5) is 28.9. The number of amides is 1. The third kappa shape index (κ3) is 4.77. The first-order chi connectivity index (χ1) is 21.2. The second-order valence-electron chi connectivity index (χ2n) is 11.4. The second-order valence-corrected chi connectivity index (χ2v) is 13.3. The van der Waals surface area contributed by atoms with Gasteiger partial charge in [-0.05, 0) is 69.0 Å². The van der Waals surface area contributed by atoms with Gasteiger partial charge >= 0.3 is 0 Å². The Kier molecular flexibility index (Phi) is 6.84. The van der Waals surface area contributed by atoms with Crippen molar-refractivity contribution < 1.29 is 17.9 Å². The first kappa shape index (κ1) is 28.0. The quantitative estimate of drug-likeness (QED) is 0.275. The number of anilines is 1. The molecule has 2 aliphatic rings. The standard InChI is InChI=1S/C31H32N8O4S/c1-3-43-23-9-4-18(5-10-23)25-11-6-19(16-33-25)24-12-13-38-28(32)27(44(2,41)42)26(36-30(24)38)20-14-21-7-8-22(15-20)39(21)31(40)29-34-17-35-37-29/h4-6,9-13,16-17,20-22H,3,7-8,14-15,32H2,1-2H3,(H,34,35,37)/t20?,21-,22+. The van der Waals surface area contributed by atoms with E-state index >= 15 is 0 Å². The lowest BCUT2D eigenvalue weighted by Crippen LogP contribution is -2.46. The zero-order valence-electron chi connectivity index (χ0n) is 24.3. The molecule has 7 rings (SSSR count). The van der Waals surface area contributed by atoms with Crippen LogP contribution in [0.3, 0.4) is 0 Å². The number of piperidine rings is 1. The number of benzene rings is 1. The van der Waals surface area contributed by atoms with Crippen LogP contribution in [0.15, 0.2) is 66.1 Å². The summed E-state index contributed by atoms with van der Waals surface area (Å²) in [5.41, 5.74) is 11.0. The topological polar surface area (TPSA) is 161 Å². The van der Waals surface area contributed by atoms with E-state index in [0.29, 0.717) is 30.8 Å². The van der Waals surface area contributed by atoms with E-state index in [1.165, 1.54) is 12.6 Å². The summed E-state index contributed by atoms with van der Waals surface area (Å²) in [6, 6.07) is 13.5. The molecule has 1 amide bonds. The lowest BCUT2D eigenvalue weighted by molar-refractivity contribution is 0.0556. The molecule has 226 valence electrons. The molecule has 2 aliphatic heterocycles. The van der Waals surface area contributed by atoms with Gasteiger partial charge in [0, 0.05) is 53.3 Å². The Hall–Kier alpha value is -4.78. The van der Waals surface area contributed by atoms with E-state index in [-0.39, 0.29) is 40.4 Å². The molecule has 0 radical (unpaired) electrons. The van der Waals surface area contributed by atoms with E-state index in [2.05, 4.69) is 15.2 Å². The molecule has 5 aromatic rings. The highest BCUT2D eigenvalue weighted by Crippen LogP contribution is 2.46. The Bertz CT molecular complexity index is 1940. The highest BCUT2D eigenvalue weighted by atomic mass is 32.2. The number of sulfone groups is 1. The molecule has 13 heteroatoms. The van der Waals surface area contributed by atoms with Gasteiger partial charge in [-0.3, -0.25) is 19.3 Å². The van der Waals surface area contributed by atoms with Crippen molar-refractivity contribution in [2.75, 3.05) is 18.6 Å². The molecule has 0 spiro atoms. The molecule has 4 aromatic heterocycles. The Labute approximate surface area is 254 Å². The normalized spacial score (nSPS) is 19.9. The molecule has 6 heterocycles. The van der Waals surface area contributed by atoms with Crippen LogP contribution in [0.25, 0.3) is 28.0 Å². The minimum Gasteiger partial charge on any atom is -0.494 e. The van der Waals surface area contributed by atoms with Gasteiger partial charge in [-0.2, -0.15) is 5.10 Å². The molecule has 2 fully saturated rings. The first-order valence-electron chi connectivity index (χ1n) is 14.6. The van der Waals surface area contributed by atoms with Crippen LogP contribution in [0.2, 0.25) is 0 Å². The summed E-state index contributed by atoms with van der Waals surface area (Å²) in [5, 5.41) is 6.49. The summed E-state index contributed by atoms with van der Waals surface area (Å²) >= 11 is 0. The van der Waals surface area contributed by atoms with Gasteiger partial charge in [0.05, 0.1) is 18.0 Å². The van der Waals surface area contributed by atoms with Crippen LogP contribution in [0.1, 0.15) is 54.8 Å². The number of aromatic amines is 1. The van der Waals surface area contributed by atoms with Crippen LogP contribution in [-0.2, 0) is 9.84 Å². The highest BCUT2D eigenvalue weighted by molar-refractivity contribution is 7.91. The van der Waals surface area contributed by atoms with Gasteiger partial charge in [0.2, 0.25) is 5.82 Å². The van der Waals surface area contributed by atoms with Gasteiger partial charge in [0.15, 0.2) is 9.84 Å². The number of hydrogen-bond acceptors (Lipinski definition) is 9. The third-order valence-electron chi connectivity index (χ3n) is 8.69. The van der Waals surface area contributed by atoms with E-state index in [1.807, 2.05) is 54.3 Å². The van der Waals surface area contributed by atoms with Crippen LogP contribution >= 0.6 is 0 Å². The smallest absolute Gasteiger partial charge is 0.291 e. The average Bonchev–Trinajstić information content (AvgIpc) is 3.75. The maximum absolute atomic E-state index is 13.2. The SMILES string of the molecule is CCOc1ccc(-c2ccc(-c3ccn4c(N)c(S(C)(=O)=O)c(C5C[C@H]6CC[C@@H](C5)N6C(=O)c5ncn[nH]5)nc34)cn2)cc1. The summed E-state index contributed by atoms with van der Waals surface area (Å²) in [6.07, 6.45) is 8.84. The van der Waals surface area contributed by atoms with Gasteiger partial charge in [-0.25, -0.2) is 18.4 Å². The van der Waals surface area contributed by atoms with E-state index in [9.17, 15) is 13.2 Å². The Morgan fingerprint density at radius 2 is 1.77 bits per heavy atom. The number of nitrogens with zero attached hydrogens (tertiary/aromatic N) is 6. The number of pyridine rings is 1. The van der Waals surface area contributed by atoms with Crippen molar-refractivity contribution in [3.8, 4) is 28.1 Å². The van der Waals surface area contributed by atoms with E-state index in [1.54, 1.807) is 16.8 Å². The minimum absolute atomic E-state index is 0.0514. The molecule has 1 aromatic carbocycles. The van der Waals surface area contributed by atoms with Crippen LogP contribution in [0.5, 0.6) is 5.75 Å². The zero-order chi connectivity index (χ0) is 30.6. The van der Waals surface area contributed by atoms with Gasteiger partial charge in [0.25, 0.3) is 5.91 Å². The number of nitrogen functional groups attached to an aromatic ring is 1. The maximum Gasteiger partial charge on any atom is 0.291 e. The largest absolute Gasteiger partial charge is 0.494 e. The number of carbonyl (C=O) groups is 1. The van der Waals surface area contributed by atoms with Crippen molar-refractivity contribution in [2.45, 2.75) is 55.5 Å². The Balaban J connectivity index is 1.24. The second kappa shape index (κ2) is 10.7. The number of nitrogens with one attached hydrogen (secondary N) is 1. The van der Waals surface area contributed by atoms with Crippen molar-refractivity contribution in [1.82, 2.24) is 34.4 Å². The fraction of sp³-hybridized carbons (Fsp3) is 0.323. The van der Waals surface area contributed by atoms with Crippen molar-refractivity contribution in [2.24, 2.45) is 0 Å². The first-order valence-corrected chi connectivity index (χ1v) is 16.5. The maximum atomic E-state index is 13.2. The van der Waals surface area contributed by atoms with Crippen molar-refractivity contribution in [1.29, 1.82) is 0 Å². The average molecular weight is 613 g/mol. The Morgan fingerprint density at radius 3 is 2.39 bits per heavy atom. The fourth-order valence-electron chi connectivity index (χ4n) is 6.80. The third-order valence-corrected chi connectivity index (χ3v) is 9.85. The molecule has 3 atom stereocenters. The molecule has 12 nitrogen and oxygen atoms in total. The van der Waals surface area contributed by atoms with Crippen molar-refractivity contribution in [3.05, 3.63) is 72.7 Å². The van der Waals surface area contributed by atoms with Crippen LogP contribution in [0.4, 0.5) is 5.82 Å². The number of nitrogens with two attached hydrogens (primary N) is 1. The fourth-order valence-corrected chi connectivity index (χ4v) is 7.87. The zero-order valence-corrected chi connectivity index (χ0v) is 25.2. The predicted octanol–water partition coefficient (Wildman–Crippen LogP) is 4.12. The summed E-state index contributed by atoms with van der Waals surface area (Å²) in [5.74, 6) is 0.772. The number of aromatic nitrogens is 6. The molecule has 0 aliphatic carbocycles. The number of rotatable bonds is 7. The number of ether oxygens (including phenoxy) is 1. The van der Waals surface area contributed by atoms with Crippen LogP contribution < -0.4 is 10.5 Å². The minimum atomic E-state index is -3.72. The number of hydrogen-bond donors (Lipinski definition) is 2. The molecular weight excluding hydrogens is 580 g/mol. The molecular formula is C31H32N8O4S. The monoisotopic (exact) mass is 612 g/mol. The number of carbonyl (C=O) groups excluding carboxylic acids is 1. The Morgan fingerprint density at radius 1 is 1.05 bits per heavy atom. The predicted molar refractivity (Wildman–Crippen MR) is 164 cm³/mol. The number of fused-ring (bicyclic) bond motifs is 3. The van der Waals surface area contributed by atoms with Gasteiger partial charge in [-0.15, -0.1) is 0 Å². The van der Waals surface area contributed by atoms with Crippen LogP contribution in [-0.4, -0.2) is 73.7 Å². The summed E-state index contributed by atoms with van der Waals surface area (Å²) < 4.78 is 33.5. The van der Waals surface area contributed by atoms with E-state index < -0.39 is 9.84 Å². The molecule has 2 bridgehead atoms. The molecule has 3 N–H and O–H groups in total. The lowest BCUT2D eigenvalue weighted by atomic mass is 9.87. The summed E-state index contributed by atoms with van der Waals surface area (Å²) in [6.45, 7) is 2.55. The molecule has 0 saturated carbocycles. The van der Waals surface area contributed by atoms with Gasteiger partial charge < -0.3 is 15.4 Å². The van der Waals surface area contributed by atoms with E-state index in [4.69, 9.17) is 20.4 Å². The molecule has 44 heavy (non-hydrogen) atoms. The van der Waals surface area contributed by atoms with Gasteiger partial charge in [0.1, 0.15) is 28.4 Å². The number of H-pyrrole nitrogens is 1. The van der Waals surface area contributed by atoms with Crippen LogP contribution in [0, 0.1) is 0 Å². The molecule has 1 unspecified atom stereocenters. The highest BCUT2D eigenvalue weighted by Gasteiger charge is 2.46. The molecule has 2 saturated heterocycles.